The predicted octanol–water partition coefficient (Wildman–Crippen LogP) is 1.68. The average molecular weight is 311 g/mol. The topological polar surface area (TPSA) is 37.4 Å². The van der Waals surface area contributed by atoms with Gasteiger partial charge in [0.05, 0.1) is 17.7 Å². The number of nitrogens with zero attached hydrogens (tertiary/aromatic N) is 1. The molecule has 0 saturated heterocycles. The van der Waals surface area contributed by atoms with Crippen LogP contribution in [0.3, 0.4) is 0 Å². The lowest BCUT2D eigenvalue weighted by Crippen LogP contribution is -2.29. The van der Waals surface area contributed by atoms with Gasteiger partial charge in [0.2, 0.25) is 0 Å². The van der Waals surface area contributed by atoms with E-state index in [1.54, 1.807) is 24.3 Å². The second-order valence-corrected chi connectivity index (χ2v) is 3.55. The molecule has 15 heavy (non-hydrogen) atoms. The van der Waals surface area contributed by atoms with Crippen molar-refractivity contribution in [3.63, 3.8) is 0 Å². The summed E-state index contributed by atoms with van der Waals surface area (Å²) in [5.41, 5.74) is 0.940. The maximum absolute atomic E-state index is 11.7. The van der Waals surface area contributed by atoms with Crippen molar-refractivity contribution in [1.82, 2.24) is 4.90 Å². The number of hydrogen-bond donors (Lipinski definition) is 0. The summed E-state index contributed by atoms with van der Waals surface area (Å²) in [7, 11) is 0. The third-order valence-electron chi connectivity index (χ3n) is 2.18. The first kappa shape index (κ1) is 10.2. The number of amides is 2. The molecule has 2 amide bonds. The SMILES string of the molecule is O=C1c2ccccc2C(=O)N1CC#CI. The summed E-state index contributed by atoms with van der Waals surface area (Å²) in [5.74, 6) is 2.20. The monoisotopic (exact) mass is 311 g/mol. The second-order valence-electron chi connectivity index (χ2n) is 3.01. The minimum Gasteiger partial charge on any atom is -0.269 e. The Balaban J connectivity index is 2.39. The van der Waals surface area contributed by atoms with Gasteiger partial charge in [-0.3, -0.25) is 14.5 Å². The molecule has 0 saturated carbocycles. The highest BCUT2D eigenvalue weighted by Crippen LogP contribution is 2.21. The van der Waals surface area contributed by atoms with Gasteiger partial charge in [0, 0.05) is 22.6 Å². The van der Waals surface area contributed by atoms with E-state index >= 15 is 0 Å². The minimum absolute atomic E-state index is 0.162. The highest BCUT2D eigenvalue weighted by molar-refractivity contribution is 14.1. The fraction of sp³-hybridized carbons (Fsp3) is 0.0909. The van der Waals surface area contributed by atoms with Gasteiger partial charge in [-0.2, -0.15) is 0 Å². The van der Waals surface area contributed by atoms with E-state index in [0.717, 1.165) is 4.90 Å². The van der Waals surface area contributed by atoms with E-state index in [1.165, 1.54) is 0 Å². The van der Waals surface area contributed by atoms with Crippen LogP contribution in [0.25, 0.3) is 0 Å². The van der Waals surface area contributed by atoms with Crippen LogP contribution in [0.15, 0.2) is 24.3 Å². The van der Waals surface area contributed by atoms with E-state index in [2.05, 4.69) is 9.85 Å². The molecule has 0 atom stereocenters. The summed E-state index contributed by atoms with van der Waals surface area (Å²) in [6.07, 6.45) is 0. The zero-order valence-corrected chi connectivity index (χ0v) is 9.82. The van der Waals surface area contributed by atoms with Gasteiger partial charge in [0.25, 0.3) is 11.8 Å². The third-order valence-corrected chi connectivity index (χ3v) is 2.56. The molecule has 0 N–H and O–H groups in total. The number of carbonyl (C=O) groups excluding carboxylic acids is 2. The first-order chi connectivity index (χ1) is 7.25. The first-order valence-electron chi connectivity index (χ1n) is 4.29. The molecule has 0 fully saturated rings. The van der Waals surface area contributed by atoms with Crippen LogP contribution in [0, 0.1) is 9.85 Å². The molecule has 0 radical (unpaired) electrons. The number of hydrogen-bond acceptors (Lipinski definition) is 2. The van der Waals surface area contributed by atoms with Gasteiger partial charge in [0.1, 0.15) is 0 Å². The van der Waals surface area contributed by atoms with E-state index in [1.807, 2.05) is 22.6 Å². The number of imide groups is 1. The molecule has 1 aromatic rings. The largest absolute Gasteiger partial charge is 0.269 e. The smallest absolute Gasteiger partial charge is 0.262 e. The van der Waals surface area contributed by atoms with Crippen molar-refractivity contribution >= 4 is 34.4 Å². The Morgan fingerprint density at radius 3 is 2.13 bits per heavy atom. The van der Waals surface area contributed by atoms with E-state index in [0.29, 0.717) is 11.1 Å². The molecule has 0 aromatic heterocycles. The van der Waals surface area contributed by atoms with Gasteiger partial charge in [-0.1, -0.05) is 18.1 Å². The molecular formula is C11H6INO2. The predicted molar refractivity (Wildman–Crippen MR) is 63.6 cm³/mol. The maximum Gasteiger partial charge on any atom is 0.262 e. The molecule has 3 nitrogen and oxygen atoms in total. The number of halogens is 1. The lowest BCUT2D eigenvalue weighted by molar-refractivity contribution is 0.0675. The Morgan fingerprint density at radius 1 is 1.13 bits per heavy atom. The van der Waals surface area contributed by atoms with Crippen molar-refractivity contribution in [2.45, 2.75) is 0 Å². The quantitative estimate of drug-likeness (QED) is 0.449. The number of benzene rings is 1. The van der Waals surface area contributed by atoms with Crippen LogP contribution in [0.5, 0.6) is 0 Å². The summed E-state index contributed by atoms with van der Waals surface area (Å²) in [5, 5.41) is 0. The van der Waals surface area contributed by atoms with Crippen LogP contribution in [0.4, 0.5) is 0 Å². The lowest BCUT2D eigenvalue weighted by Gasteiger charge is -2.08. The van der Waals surface area contributed by atoms with Crippen LogP contribution in [-0.4, -0.2) is 23.3 Å². The van der Waals surface area contributed by atoms with E-state index < -0.39 is 0 Å². The first-order valence-corrected chi connectivity index (χ1v) is 5.37. The van der Waals surface area contributed by atoms with Gasteiger partial charge in [0.15, 0.2) is 0 Å². The van der Waals surface area contributed by atoms with E-state index in [4.69, 9.17) is 0 Å². The minimum atomic E-state index is -0.255. The van der Waals surface area contributed by atoms with Crippen molar-refractivity contribution in [2.24, 2.45) is 0 Å². The molecule has 4 heteroatoms. The van der Waals surface area contributed by atoms with Crippen LogP contribution in [-0.2, 0) is 0 Å². The Labute approximate surface area is 101 Å². The Kier molecular flexibility index (Phi) is 2.73. The summed E-state index contributed by atoms with van der Waals surface area (Å²) in [4.78, 5) is 24.7. The maximum atomic E-state index is 11.7. The highest BCUT2D eigenvalue weighted by atomic mass is 127. The zero-order valence-electron chi connectivity index (χ0n) is 7.66. The van der Waals surface area contributed by atoms with Crippen molar-refractivity contribution in [3.8, 4) is 9.85 Å². The number of carbonyl (C=O) groups is 2. The van der Waals surface area contributed by atoms with Gasteiger partial charge >= 0.3 is 0 Å². The summed E-state index contributed by atoms with van der Waals surface area (Å²) < 4.78 is 2.64. The van der Waals surface area contributed by atoms with Crippen molar-refractivity contribution in [2.75, 3.05) is 6.54 Å². The normalized spacial score (nSPS) is 13.5. The Morgan fingerprint density at radius 2 is 1.67 bits per heavy atom. The van der Waals surface area contributed by atoms with Gasteiger partial charge < -0.3 is 0 Å². The van der Waals surface area contributed by atoms with Gasteiger partial charge in [-0.05, 0) is 16.1 Å². The van der Waals surface area contributed by atoms with Crippen molar-refractivity contribution in [3.05, 3.63) is 35.4 Å². The summed E-state index contributed by atoms with van der Waals surface area (Å²) >= 11 is 1.88. The third kappa shape index (κ3) is 1.63. The number of rotatable bonds is 1. The summed E-state index contributed by atoms with van der Waals surface area (Å²) in [6, 6.07) is 6.81. The molecule has 0 aliphatic carbocycles. The molecular weight excluding hydrogens is 305 g/mol. The van der Waals surface area contributed by atoms with Crippen LogP contribution >= 0.6 is 22.6 Å². The highest BCUT2D eigenvalue weighted by Gasteiger charge is 2.34. The fourth-order valence-corrected chi connectivity index (χ4v) is 1.66. The zero-order chi connectivity index (χ0) is 10.8. The average Bonchev–Trinajstić information content (AvgIpc) is 2.51. The molecule has 0 bridgehead atoms. The van der Waals surface area contributed by atoms with Gasteiger partial charge in [-0.25, -0.2) is 0 Å². The number of fused-ring (bicyclic) bond motifs is 1. The van der Waals surface area contributed by atoms with Crippen molar-refractivity contribution in [1.29, 1.82) is 0 Å². The van der Waals surface area contributed by atoms with E-state index in [9.17, 15) is 9.59 Å². The van der Waals surface area contributed by atoms with Gasteiger partial charge in [-0.15, -0.1) is 0 Å². The van der Waals surface area contributed by atoms with Crippen LogP contribution in [0.2, 0.25) is 0 Å². The molecule has 0 unspecified atom stereocenters. The Bertz CT molecular complexity index is 464. The van der Waals surface area contributed by atoms with Crippen LogP contribution in [0.1, 0.15) is 20.7 Å². The molecule has 1 heterocycles. The van der Waals surface area contributed by atoms with Crippen molar-refractivity contribution < 1.29 is 9.59 Å². The molecule has 2 rings (SSSR count). The molecule has 0 spiro atoms. The second kappa shape index (κ2) is 4.03. The van der Waals surface area contributed by atoms with Crippen LogP contribution < -0.4 is 0 Å². The fourth-order valence-electron chi connectivity index (χ4n) is 1.49. The molecule has 1 aliphatic heterocycles. The summed E-state index contributed by atoms with van der Waals surface area (Å²) in [6.45, 7) is 0.162. The molecule has 1 aromatic carbocycles. The van der Waals surface area contributed by atoms with E-state index in [-0.39, 0.29) is 18.4 Å². The standard InChI is InChI=1S/C11H6INO2/c12-6-3-7-13-10(14)8-4-1-2-5-9(8)11(13)15/h1-2,4-5H,7H2. The lowest BCUT2D eigenvalue weighted by atomic mass is 10.1. The molecule has 74 valence electrons. The molecule has 1 aliphatic rings. The Hall–Kier alpha value is -1.35.